The molecule has 1 fully saturated rings. The molecule has 0 saturated heterocycles. The zero-order valence-corrected chi connectivity index (χ0v) is 15.0. The van der Waals surface area contributed by atoms with Crippen LogP contribution in [0.15, 0.2) is 0 Å². The van der Waals surface area contributed by atoms with E-state index in [1.54, 1.807) is 13.8 Å². The molecule has 1 heterocycles. The van der Waals surface area contributed by atoms with Crippen LogP contribution >= 0.6 is 11.3 Å². The van der Waals surface area contributed by atoms with E-state index in [2.05, 4.69) is 15.6 Å². The van der Waals surface area contributed by atoms with Gasteiger partial charge in [0.25, 0.3) is 5.91 Å². The molecule has 2 N–H and O–H groups in total. The Balaban J connectivity index is 1.81. The van der Waals surface area contributed by atoms with Crippen LogP contribution in [0.1, 0.15) is 59.4 Å². The fourth-order valence-electron chi connectivity index (χ4n) is 2.67. The highest BCUT2D eigenvalue weighted by Gasteiger charge is 2.24. The second kappa shape index (κ2) is 8.23. The van der Waals surface area contributed by atoms with Gasteiger partial charge in [-0.1, -0.05) is 19.3 Å². The molecule has 0 radical (unpaired) electrons. The van der Waals surface area contributed by atoms with Crippen molar-refractivity contribution in [2.24, 2.45) is 0 Å². The molecular formula is C16H23N3O4S. The number of amides is 3. The van der Waals surface area contributed by atoms with Crippen LogP contribution in [-0.2, 0) is 9.53 Å². The van der Waals surface area contributed by atoms with Gasteiger partial charge in [-0.15, -0.1) is 11.3 Å². The van der Waals surface area contributed by atoms with Crippen molar-refractivity contribution in [1.82, 2.24) is 15.6 Å². The summed E-state index contributed by atoms with van der Waals surface area (Å²) in [5.41, 5.74) is 0.574. The van der Waals surface area contributed by atoms with Crippen molar-refractivity contribution in [3.05, 3.63) is 15.6 Å². The maximum atomic E-state index is 12.1. The molecule has 1 saturated carbocycles. The topological polar surface area (TPSA) is 97.4 Å². The molecule has 1 aliphatic carbocycles. The largest absolute Gasteiger partial charge is 0.448 e. The number of esters is 1. The molecule has 0 aromatic carbocycles. The number of ether oxygens (including phenoxy) is 1. The maximum Gasteiger partial charge on any atom is 0.351 e. The van der Waals surface area contributed by atoms with Crippen LogP contribution in [0.5, 0.6) is 0 Å². The van der Waals surface area contributed by atoms with Gasteiger partial charge in [0.15, 0.2) is 6.10 Å². The molecule has 0 unspecified atom stereocenters. The number of rotatable bonds is 4. The lowest BCUT2D eigenvalue weighted by atomic mass is 9.96. The molecule has 24 heavy (non-hydrogen) atoms. The summed E-state index contributed by atoms with van der Waals surface area (Å²) in [6.45, 7) is 4.94. The van der Waals surface area contributed by atoms with Gasteiger partial charge in [-0.3, -0.25) is 10.1 Å². The first-order valence-electron chi connectivity index (χ1n) is 8.13. The summed E-state index contributed by atoms with van der Waals surface area (Å²) in [4.78, 5) is 40.4. The molecule has 3 amide bonds. The first-order valence-corrected chi connectivity index (χ1v) is 8.95. The number of carbonyl (C=O) groups is 3. The molecule has 1 aliphatic rings. The molecule has 2 rings (SSSR count). The number of aromatic nitrogens is 1. The molecular weight excluding hydrogens is 330 g/mol. The van der Waals surface area contributed by atoms with Gasteiger partial charge in [-0.05, 0) is 33.6 Å². The van der Waals surface area contributed by atoms with E-state index >= 15 is 0 Å². The average molecular weight is 353 g/mol. The molecule has 0 spiro atoms. The Kier molecular flexibility index (Phi) is 6.30. The normalized spacial score (nSPS) is 16.3. The number of carbonyl (C=O) groups excluding carboxylic acids is 3. The van der Waals surface area contributed by atoms with E-state index in [-0.39, 0.29) is 6.04 Å². The van der Waals surface area contributed by atoms with E-state index in [0.717, 1.165) is 30.7 Å². The van der Waals surface area contributed by atoms with E-state index in [0.29, 0.717) is 10.6 Å². The van der Waals surface area contributed by atoms with E-state index in [1.165, 1.54) is 24.7 Å². The van der Waals surface area contributed by atoms with Gasteiger partial charge >= 0.3 is 12.0 Å². The van der Waals surface area contributed by atoms with E-state index in [9.17, 15) is 14.4 Å². The summed E-state index contributed by atoms with van der Waals surface area (Å²) in [5, 5.41) is 5.76. The van der Waals surface area contributed by atoms with Crippen LogP contribution in [0, 0.1) is 13.8 Å². The zero-order chi connectivity index (χ0) is 17.7. The summed E-state index contributed by atoms with van der Waals surface area (Å²) in [5.74, 6) is -1.25. The van der Waals surface area contributed by atoms with Gasteiger partial charge in [0.1, 0.15) is 4.88 Å². The number of nitrogens with one attached hydrogen (secondary N) is 2. The molecule has 7 nitrogen and oxygen atoms in total. The van der Waals surface area contributed by atoms with Gasteiger partial charge in [0.2, 0.25) is 0 Å². The third-order valence-corrected chi connectivity index (χ3v) is 4.97. The number of aryl methyl sites for hydroxylation is 2. The van der Waals surface area contributed by atoms with Crippen LogP contribution in [0.4, 0.5) is 4.79 Å². The predicted molar refractivity (Wildman–Crippen MR) is 90.0 cm³/mol. The number of urea groups is 1. The second-order valence-corrected chi connectivity index (χ2v) is 7.20. The second-order valence-electron chi connectivity index (χ2n) is 5.99. The fourth-order valence-corrected chi connectivity index (χ4v) is 3.47. The quantitative estimate of drug-likeness (QED) is 0.811. The highest BCUT2D eigenvalue weighted by atomic mass is 32.1. The maximum absolute atomic E-state index is 12.1. The third-order valence-electron chi connectivity index (χ3n) is 3.92. The van der Waals surface area contributed by atoms with E-state index in [4.69, 9.17) is 4.74 Å². The standard InChI is InChI=1S/C16H23N3O4S/c1-9-13(24-11(3)17-9)15(21)23-10(2)14(20)19-16(22)18-12-7-5-4-6-8-12/h10,12H,4-8H2,1-3H3,(H2,18,19,20,22)/t10-/m0/s1. The molecule has 1 atom stereocenters. The van der Waals surface area contributed by atoms with Gasteiger partial charge in [0.05, 0.1) is 10.7 Å². The fraction of sp³-hybridized carbons (Fsp3) is 0.625. The summed E-state index contributed by atoms with van der Waals surface area (Å²) in [7, 11) is 0. The van der Waals surface area contributed by atoms with Crippen LogP contribution in [-0.4, -0.2) is 35.0 Å². The van der Waals surface area contributed by atoms with Crippen LogP contribution in [0.25, 0.3) is 0 Å². The van der Waals surface area contributed by atoms with Crippen molar-refractivity contribution in [1.29, 1.82) is 0 Å². The zero-order valence-electron chi connectivity index (χ0n) is 14.2. The molecule has 1 aromatic heterocycles. The average Bonchev–Trinajstić information content (AvgIpc) is 2.86. The Bertz CT molecular complexity index is 623. The molecule has 1 aromatic rings. The van der Waals surface area contributed by atoms with Gasteiger partial charge in [0, 0.05) is 6.04 Å². The summed E-state index contributed by atoms with van der Waals surface area (Å²) >= 11 is 1.22. The smallest absolute Gasteiger partial charge is 0.351 e. The van der Waals surface area contributed by atoms with Crippen LogP contribution < -0.4 is 10.6 Å². The Morgan fingerprint density at radius 3 is 2.46 bits per heavy atom. The van der Waals surface area contributed by atoms with Crippen molar-refractivity contribution >= 4 is 29.2 Å². The number of hydrogen-bond acceptors (Lipinski definition) is 6. The minimum Gasteiger partial charge on any atom is -0.448 e. The molecule has 132 valence electrons. The first-order chi connectivity index (χ1) is 11.4. The van der Waals surface area contributed by atoms with Crippen molar-refractivity contribution in [2.45, 2.75) is 65.0 Å². The number of nitrogens with zero attached hydrogens (tertiary/aromatic N) is 1. The number of imide groups is 1. The van der Waals surface area contributed by atoms with Crippen LogP contribution in [0.2, 0.25) is 0 Å². The Hall–Kier alpha value is -1.96. The minimum absolute atomic E-state index is 0.104. The molecule has 0 aliphatic heterocycles. The first kappa shape index (κ1) is 18.4. The highest BCUT2D eigenvalue weighted by molar-refractivity contribution is 7.13. The van der Waals surface area contributed by atoms with Crippen molar-refractivity contribution in [3.8, 4) is 0 Å². The summed E-state index contributed by atoms with van der Waals surface area (Å²) in [6.07, 6.45) is 4.15. The highest BCUT2D eigenvalue weighted by Crippen LogP contribution is 2.19. The van der Waals surface area contributed by atoms with E-state index in [1.807, 2.05) is 0 Å². The van der Waals surface area contributed by atoms with Gasteiger partial charge in [-0.2, -0.15) is 0 Å². The Morgan fingerprint density at radius 2 is 1.88 bits per heavy atom. The van der Waals surface area contributed by atoms with Crippen molar-refractivity contribution in [2.75, 3.05) is 0 Å². The van der Waals surface area contributed by atoms with Crippen LogP contribution in [0.3, 0.4) is 0 Å². The number of thiazole rings is 1. The van der Waals surface area contributed by atoms with E-state index < -0.39 is 24.0 Å². The Morgan fingerprint density at radius 1 is 1.21 bits per heavy atom. The van der Waals surface area contributed by atoms with Gasteiger partial charge in [-0.25, -0.2) is 14.6 Å². The van der Waals surface area contributed by atoms with Crippen molar-refractivity contribution in [3.63, 3.8) is 0 Å². The SMILES string of the molecule is Cc1nc(C)c(C(=O)O[C@@H](C)C(=O)NC(=O)NC2CCCCC2)s1. The summed E-state index contributed by atoms with van der Waals surface area (Å²) < 4.78 is 5.12. The summed E-state index contributed by atoms with van der Waals surface area (Å²) in [6, 6.07) is -0.438. The van der Waals surface area contributed by atoms with Crippen molar-refractivity contribution < 1.29 is 19.1 Å². The predicted octanol–water partition coefficient (Wildman–Crippen LogP) is 2.46. The lowest BCUT2D eigenvalue weighted by Gasteiger charge is -2.23. The third kappa shape index (κ3) is 5.02. The lowest BCUT2D eigenvalue weighted by molar-refractivity contribution is -0.127. The molecule has 8 heteroatoms. The minimum atomic E-state index is -1.06. The molecule has 0 bridgehead atoms. The Labute approximate surface area is 145 Å². The van der Waals surface area contributed by atoms with Gasteiger partial charge < -0.3 is 10.1 Å². The monoisotopic (exact) mass is 353 g/mol. The lowest BCUT2D eigenvalue weighted by Crippen LogP contribution is -2.48. The number of hydrogen-bond donors (Lipinski definition) is 2.